The van der Waals surface area contributed by atoms with E-state index in [-0.39, 0.29) is 0 Å². The Kier molecular flexibility index (Phi) is 2.58. The van der Waals surface area contributed by atoms with Crippen LogP contribution in [0.2, 0.25) is 0 Å². The molecule has 0 radical (unpaired) electrons. The molecule has 2 unspecified atom stereocenters. The number of hydrogen-bond donors (Lipinski definition) is 2. The van der Waals surface area contributed by atoms with Crippen molar-refractivity contribution in [3.05, 3.63) is 17.5 Å². The Morgan fingerprint density at radius 3 is 2.07 bits per heavy atom. The fourth-order valence-corrected chi connectivity index (χ4v) is 1.78. The van der Waals surface area contributed by atoms with E-state index in [0.29, 0.717) is 19.0 Å². The summed E-state index contributed by atoms with van der Waals surface area (Å²) >= 11 is 0. The molecule has 0 aromatic carbocycles. The molecule has 2 N–H and O–H groups in total. The number of aryl methyl sites for hydroxylation is 2. The first-order valence-corrected chi connectivity index (χ1v) is 4.99. The van der Waals surface area contributed by atoms with Crippen LogP contribution in [0, 0.1) is 13.8 Å². The van der Waals surface area contributed by atoms with Gasteiger partial charge in [-0.2, -0.15) is 0 Å². The summed E-state index contributed by atoms with van der Waals surface area (Å²) in [6.45, 7) is 4.59. The lowest BCUT2D eigenvalue weighted by Crippen LogP contribution is -2.23. The van der Waals surface area contributed by atoms with Crippen LogP contribution in [0.3, 0.4) is 0 Å². The Labute approximate surface area is 88.4 Å². The molecular formula is C10H15N3O2. The highest BCUT2D eigenvalue weighted by Gasteiger charge is 2.31. The maximum Gasteiger partial charge on any atom is 0.225 e. The van der Waals surface area contributed by atoms with E-state index in [0.717, 1.165) is 11.4 Å². The summed E-state index contributed by atoms with van der Waals surface area (Å²) in [4.78, 5) is 10.4. The normalized spacial score (nSPS) is 26.0. The van der Waals surface area contributed by atoms with Crippen molar-refractivity contribution in [3.8, 4) is 0 Å². The van der Waals surface area contributed by atoms with Crippen LogP contribution in [0.25, 0.3) is 0 Å². The highest BCUT2D eigenvalue weighted by Crippen LogP contribution is 2.17. The molecule has 2 rings (SSSR count). The number of aliphatic hydroxyl groups is 2. The second kappa shape index (κ2) is 3.75. The molecule has 1 aliphatic heterocycles. The Balaban J connectivity index is 2.23. The average Bonchev–Trinajstić information content (AvgIpc) is 2.45. The quantitative estimate of drug-likeness (QED) is 0.660. The van der Waals surface area contributed by atoms with Gasteiger partial charge in [-0.15, -0.1) is 0 Å². The van der Waals surface area contributed by atoms with Crippen molar-refractivity contribution < 1.29 is 10.2 Å². The van der Waals surface area contributed by atoms with Crippen LogP contribution in [0.5, 0.6) is 0 Å². The van der Waals surface area contributed by atoms with Gasteiger partial charge in [0, 0.05) is 24.5 Å². The number of anilines is 1. The Morgan fingerprint density at radius 2 is 1.60 bits per heavy atom. The minimum absolute atomic E-state index is 0.393. The summed E-state index contributed by atoms with van der Waals surface area (Å²) in [7, 11) is 0. The van der Waals surface area contributed by atoms with Gasteiger partial charge in [-0.1, -0.05) is 0 Å². The summed E-state index contributed by atoms with van der Waals surface area (Å²) in [5.41, 5.74) is 1.79. The lowest BCUT2D eigenvalue weighted by atomic mass is 10.3. The zero-order valence-corrected chi connectivity index (χ0v) is 8.88. The summed E-state index contributed by atoms with van der Waals surface area (Å²) in [6.07, 6.45) is -1.40. The summed E-state index contributed by atoms with van der Waals surface area (Å²) in [5.74, 6) is 0.586. The third-order valence-electron chi connectivity index (χ3n) is 2.51. The molecule has 2 heterocycles. The molecule has 0 saturated carbocycles. The van der Waals surface area contributed by atoms with Crippen molar-refractivity contribution in [1.82, 2.24) is 9.97 Å². The predicted molar refractivity (Wildman–Crippen MR) is 55.7 cm³/mol. The van der Waals surface area contributed by atoms with Gasteiger partial charge in [0.1, 0.15) is 0 Å². The fourth-order valence-electron chi connectivity index (χ4n) is 1.78. The number of hydrogen-bond acceptors (Lipinski definition) is 5. The highest BCUT2D eigenvalue weighted by molar-refractivity contribution is 5.34. The molecule has 5 heteroatoms. The van der Waals surface area contributed by atoms with Crippen LogP contribution < -0.4 is 4.90 Å². The van der Waals surface area contributed by atoms with E-state index in [4.69, 9.17) is 0 Å². The highest BCUT2D eigenvalue weighted by atomic mass is 16.3. The molecule has 2 atom stereocenters. The summed E-state index contributed by atoms with van der Waals surface area (Å²) in [6, 6.07) is 1.90. The number of aliphatic hydroxyl groups excluding tert-OH is 2. The molecule has 1 aromatic heterocycles. The Hall–Kier alpha value is -1.20. The topological polar surface area (TPSA) is 69.5 Å². The number of aromatic nitrogens is 2. The molecule has 1 fully saturated rings. The van der Waals surface area contributed by atoms with Crippen LogP contribution in [0.1, 0.15) is 11.4 Å². The Morgan fingerprint density at radius 1 is 1.13 bits per heavy atom. The average molecular weight is 209 g/mol. The van der Waals surface area contributed by atoms with Crippen molar-refractivity contribution >= 4 is 5.95 Å². The zero-order valence-electron chi connectivity index (χ0n) is 8.88. The smallest absolute Gasteiger partial charge is 0.225 e. The maximum atomic E-state index is 9.42. The zero-order chi connectivity index (χ0) is 11.0. The van der Waals surface area contributed by atoms with E-state index < -0.39 is 12.2 Å². The lowest BCUT2D eigenvalue weighted by molar-refractivity contribution is 0.0572. The second-order valence-electron chi connectivity index (χ2n) is 3.99. The first-order valence-electron chi connectivity index (χ1n) is 4.99. The number of rotatable bonds is 1. The van der Waals surface area contributed by atoms with Gasteiger partial charge in [-0.3, -0.25) is 0 Å². The van der Waals surface area contributed by atoms with Crippen molar-refractivity contribution in [2.24, 2.45) is 0 Å². The molecule has 0 bridgehead atoms. The van der Waals surface area contributed by atoms with E-state index in [1.54, 1.807) is 4.90 Å². The van der Waals surface area contributed by atoms with Crippen LogP contribution in [0.4, 0.5) is 5.95 Å². The summed E-state index contributed by atoms with van der Waals surface area (Å²) in [5, 5.41) is 18.8. The molecule has 1 aromatic rings. The molecule has 82 valence electrons. The fraction of sp³-hybridized carbons (Fsp3) is 0.600. The molecule has 1 aliphatic rings. The molecule has 0 aliphatic carbocycles. The monoisotopic (exact) mass is 209 g/mol. The van der Waals surface area contributed by atoms with Gasteiger partial charge in [-0.05, 0) is 19.9 Å². The lowest BCUT2D eigenvalue weighted by Gasteiger charge is -2.15. The van der Waals surface area contributed by atoms with Gasteiger partial charge in [0.2, 0.25) is 5.95 Å². The van der Waals surface area contributed by atoms with Crippen molar-refractivity contribution in [3.63, 3.8) is 0 Å². The van der Waals surface area contributed by atoms with E-state index in [9.17, 15) is 10.2 Å². The van der Waals surface area contributed by atoms with E-state index in [1.165, 1.54) is 0 Å². The molecule has 1 saturated heterocycles. The predicted octanol–water partition coefficient (Wildman–Crippen LogP) is -0.365. The first kappa shape index (κ1) is 10.3. The van der Waals surface area contributed by atoms with Gasteiger partial charge in [-0.25, -0.2) is 9.97 Å². The standard InChI is InChI=1S/C10H15N3O2/c1-6-3-7(2)12-10(11-6)13-4-8(14)9(15)5-13/h3,8-9,14-15H,4-5H2,1-2H3. The van der Waals surface area contributed by atoms with E-state index in [1.807, 2.05) is 19.9 Å². The SMILES string of the molecule is Cc1cc(C)nc(N2CC(O)C(O)C2)n1. The maximum absolute atomic E-state index is 9.42. The van der Waals surface area contributed by atoms with Crippen molar-refractivity contribution in [1.29, 1.82) is 0 Å². The largest absolute Gasteiger partial charge is 0.388 e. The van der Waals surface area contributed by atoms with E-state index in [2.05, 4.69) is 9.97 Å². The van der Waals surface area contributed by atoms with Crippen LogP contribution >= 0.6 is 0 Å². The van der Waals surface area contributed by atoms with Crippen LogP contribution in [-0.4, -0.2) is 45.5 Å². The molecule has 0 spiro atoms. The Bertz CT molecular complexity index is 339. The minimum Gasteiger partial charge on any atom is -0.388 e. The second-order valence-corrected chi connectivity index (χ2v) is 3.99. The molecule has 15 heavy (non-hydrogen) atoms. The minimum atomic E-state index is -0.700. The number of nitrogens with zero attached hydrogens (tertiary/aromatic N) is 3. The molecular weight excluding hydrogens is 194 g/mol. The molecule has 0 amide bonds. The first-order chi connectivity index (χ1) is 7.06. The van der Waals surface area contributed by atoms with Gasteiger partial charge in [0.05, 0.1) is 12.2 Å². The van der Waals surface area contributed by atoms with Crippen LogP contribution in [0.15, 0.2) is 6.07 Å². The van der Waals surface area contributed by atoms with Crippen molar-refractivity contribution in [2.75, 3.05) is 18.0 Å². The van der Waals surface area contributed by atoms with Crippen LogP contribution in [-0.2, 0) is 0 Å². The third kappa shape index (κ3) is 2.08. The van der Waals surface area contributed by atoms with Gasteiger partial charge in [0.15, 0.2) is 0 Å². The molecule has 5 nitrogen and oxygen atoms in total. The van der Waals surface area contributed by atoms with Gasteiger partial charge in [0.25, 0.3) is 0 Å². The van der Waals surface area contributed by atoms with Gasteiger partial charge >= 0.3 is 0 Å². The van der Waals surface area contributed by atoms with Gasteiger partial charge < -0.3 is 15.1 Å². The van der Waals surface area contributed by atoms with Crippen molar-refractivity contribution in [2.45, 2.75) is 26.1 Å². The number of β-amino-alcohol motifs (C(OH)–C–C–N with tert-alkyl or cyclic N) is 2. The summed E-state index contributed by atoms with van der Waals surface area (Å²) < 4.78 is 0. The van der Waals surface area contributed by atoms with E-state index >= 15 is 0 Å². The third-order valence-corrected chi connectivity index (χ3v) is 2.51.